The summed E-state index contributed by atoms with van der Waals surface area (Å²) in [5, 5.41) is 8.07. The van der Waals surface area contributed by atoms with Gasteiger partial charge in [-0.05, 0) is 53.5 Å². The van der Waals surface area contributed by atoms with Crippen molar-refractivity contribution in [2.24, 2.45) is 16.1 Å². The van der Waals surface area contributed by atoms with Crippen molar-refractivity contribution in [2.75, 3.05) is 0 Å². The van der Waals surface area contributed by atoms with Gasteiger partial charge in [-0.25, -0.2) is 4.39 Å². The topological polar surface area (TPSA) is 24.7 Å². The average Bonchev–Trinajstić information content (AvgIpc) is 2.62. The van der Waals surface area contributed by atoms with Gasteiger partial charge in [0.15, 0.2) is 0 Å². The molecule has 0 aliphatic heterocycles. The van der Waals surface area contributed by atoms with E-state index in [1.165, 1.54) is 43.4 Å². The molecular formula is C21H23FN2. The van der Waals surface area contributed by atoms with E-state index in [4.69, 9.17) is 0 Å². The Kier molecular flexibility index (Phi) is 5.52. The standard InChI is InChI=1S/C21H23FN2/c1-16-2-8-19(9-3-16)20-10-4-17(5-11-20)14-23-24-15-18-6-12-21(22)13-7-18/h4-7,10-16,19H,2-3,8-9H2,1H3/b23-14-,24-15-. The molecule has 0 amide bonds. The molecule has 1 aliphatic rings. The van der Waals surface area contributed by atoms with Crippen molar-refractivity contribution in [2.45, 2.75) is 38.5 Å². The first kappa shape index (κ1) is 16.6. The number of nitrogens with zero attached hydrogens (tertiary/aromatic N) is 2. The highest BCUT2D eigenvalue weighted by Gasteiger charge is 2.19. The molecule has 3 rings (SSSR count). The van der Waals surface area contributed by atoms with E-state index in [9.17, 15) is 4.39 Å². The smallest absolute Gasteiger partial charge is 0.123 e. The molecule has 124 valence electrons. The van der Waals surface area contributed by atoms with Crippen molar-refractivity contribution in [1.82, 2.24) is 0 Å². The fourth-order valence-corrected chi connectivity index (χ4v) is 3.20. The zero-order chi connectivity index (χ0) is 16.8. The summed E-state index contributed by atoms with van der Waals surface area (Å²) in [7, 11) is 0. The van der Waals surface area contributed by atoms with Crippen molar-refractivity contribution in [3.8, 4) is 0 Å². The van der Waals surface area contributed by atoms with Crippen LogP contribution in [0.2, 0.25) is 0 Å². The van der Waals surface area contributed by atoms with E-state index >= 15 is 0 Å². The lowest BCUT2D eigenvalue weighted by Crippen LogP contribution is -2.10. The third kappa shape index (κ3) is 4.60. The van der Waals surface area contributed by atoms with Crippen LogP contribution in [0.25, 0.3) is 0 Å². The lowest BCUT2D eigenvalue weighted by molar-refractivity contribution is 0.348. The second-order valence-corrected chi connectivity index (χ2v) is 6.66. The summed E-state index contributed by atoms with van der Waals surface area (Å²) in [6, 6.07) is 14.8. The first-order valence-corrected chi connectivity index (χ1v) is 8.62. The Morgan fingerprint density at radius 3 is 1.83 bits per heavy atom. The minimum absolute atomic E-state index is 0.247. The Morgan fingerprint density at radius 1 is 0.792 bits per heavy atom. The molecule has 0 atom stereocenters. The number of benzene rings is 2. The van der Waals surface area contributed by atoms with Crippen molar-refractivity contribution in [3.63, 3.8) is 0 Å². The molecule has 24 heavy (non-hydrogen) atoms. The van der Waals surface area contributed by atoms with Gasteiger partial charge >= 0.3 is 0 Å². The summed E-state index contributed by atoms with van der Waals surface area (Å²) in [5.74, 6) is 1.35. The van der Waals surface area contributed by atoms with Gasteiger partial charge in [-0.15, -0.1) is 0 Å². The highest BCUT2D eigenvalue weighted by atomic mass is 19.1. The molecule has 2 nitrogen and oxygen atoms in total. The Labute approximate surface area is 143 Å². The van der Waals surface area contributed by atoms with Crippen LogP contribution in [0.4, 0.5) is 4.39 Å². The number of rotatable bonds is 4. The molecule has 0 N–H and O–H groups in total. The maximum Gasteiger partial charge on any atom is 0.123 e. The third-order valence-corrected chi connectivity index (χ3v) is 4.77. The van der Waals surface area contributed by atoms with Crippen LogP contribution in [-0.2, 0) is 0 Å². The summed E-state index contributed by atoms with van der Waals surface area (Å²) in [5.41, 5.74) is 3.31. The van der Waals surface area contributed by atoms with Crippen LogP contribution in [-0.4, -0.2) is 12.4 Å². The monoisotopic (exact) mass is 322 g/mol. The molecule has 2 aromatic carbocycles. The lowest BCUT2D eigenvalue weighted by Gasteiger charge is -2.26. The highest BCUT2D eigenvalue weighted by Crippen LogP contribution is 2.35. The molecule has 0 heterocycles. The quantitative estimate of drug-likeness (QED) is 0.519. The second-order valence-electron chi connectivity index (χ2n) is 6.66. The van der Waals surface area contributed by atoms with Gasteiger partial charge < -0.3 is 0 Å². The van der Waals surface area contributed by atoms with Crippen molar-refractivity contribution < 1.29 is 4.39 Å². The molecule has 0 aromatic heterocycles. The van der Waals surface area contributed by atoms with Crippen LogP contribution in [0.1, 0.15) is 55.2 Å². The molecule has 0 saturated heterocycles. The zero-order valence-electron chi connectivity index (χ0n) is 14.0. The van der Waals surface area contributed by atoms with Gasteiger partial charge in [0.25, 0.3) is 0 Å². The Balaban J connectivity index is 1.56. The van der Waals surface area contributed by atoms with Crippen LogP contribution >= 0.6 is 0 Å². The average molecular weight is 322 g/mol. The van der Waals surface area contributed by atoms with E-state index in [0.29, 0.717) is 5.92 Å². The molecular weight excluding hydrogens is 299 g/mol. The molecule has 0 radical (unpaired) electrons. The molecule has 0 unspecified atom stereocenters. The summed E-state index contributed by atoms with van der Waals surface area (Å²) in [6.07, 6.45) is 8.64. The highest BCUT2D eigenvalue weighted by molar-refractivity contribution is 5.82. The SMILES string of the molecule is CC1CCC(c2ccc(/C=N\N=C/c3ccc(F)cc3)cc2)CC1. The summed E-state index contributed by atoms with van der Waals surface area (Å²) in [4.78, 5) is 0. The number of hydrogen-bond donors (Lipinski definition) is 0. The first-order chi connectivity index (χ1) is 11.7. The van der Waals surface area contributed by atoms with Gasteiger partial charge in [0.05, 0.1) is 12.4 Å². The largest absolute Gasteiger partial charge is 0.207 e. The van der Waals surface area contributed by atoms with E-state index < -0.39 is 0 Å². The van der Waals surface area contributed by atoms with Crippen molar-refractivity contribution in [3.05, 3.63) is 71.0 Å². The predicted molar refractivity (Wildman–Crippen MR) is 98.4 cm³/mol. The molecule has 0 spiro atoms. The molecule has 0 bridgehead atoms. The summed E-state index contributed by atoms with van der Waals surface area (Å²) < 4.78 is 12.8. The second kappa shape index (κ2) is 8.00. The third-order valence-electron chi connectivity index (χ3n) is 4.77. The first-order valence-electron chi connectivity index (χ1n) is 8.62. The Hall–Kier alpha value is -2.29. The van der Waals surface area contributed by atoms with E-state index in [-0.39, 0.29) is 5.82 Å². The predicted octanol–water partition coefficient (Wildman–Crippen LogP) is 5.57. The minimum atomic E-state index is -0.247. The van der Waals surface area contributed by atoms with E-state index in [2.05, 4.69) is 41.4 Å². The van der Waals surface area contributed by atoms with Crippen molar-refractivity contribution >= 4 is 12.4 Å². The molecule has 1 fully saturated rings. The summed E-state index contributed by atoms with van der Waals surface area (Å²) >= 11 is 0. The van der Waals surface area contributed by atoms with Crippen LogP contribution in [0.5, 0.6) is 0 Å². The minimum Gasteiger partial charge on any atom is -0.207 e. The van der Waals surface area contributed by atoms with Crippen LogP contribution < -0.4 is 0 Å². The number of hydrogen-bond acceptors (Lipinski definition) is 2. The maximum absolute atomic E-state index is 12.8. The molecule has 2 aromatic rings. The van der Waals surface area contributed by atoms with E-state index in [1.807, 2.05) is 0 Å². The van der Waals surface area contributed by atoms with Gasteiger partial charge in [-0.1, -0.05) is 56.2 Å². The van der Waals surface area contributed by atoms with E-state index in [0.717, 1.165) is 17.0 Å². The molecule has 3 heteroatoms. The van der Waals surface area contributed by atoms with Gasteiger partial charge in [0.2, 0.25) is 0 Å². The Morgan fingerprint density at radius 2 is 1.29 bits per heavy atom. The van der Waals surface area contributed by atoms with Gasteiger partial charge in [0, 0.05) is 0 Å². The maximum atomic E-state index is 12.8. The Bertz CT molecular complexity index is 694. The van der Waals surface area contributed by atoms with E-state index in [1.54, 1.807) is 24.6 Å². The fourth-order valence-electron chi connectivity index (χ4n) is 3.20. The normalized spacial score (nSPS) is 21.6. The van der Waals surface area contributed by atoms with Crippen LogP contribution in [0.15, 0.2) is 58.7 Å². The summed E-state index contributed by atoms with van der Waals surface area (Å²) in [6.45, 7) is 2.35. The zero-order valence-corrected chi connectivity index (χ0v) is 14.0. The van der Waals surface area contributed by atoms with Gasteiger partial charge in [0.1, 0.15) is 5.82 Å². The van der Waals surface area contributed by atoms with Gasteiger partial charge in [-0.2, -0.15) is 10.2 Å². The van der Waals surface area contributed by atoms with Crippen LogP contribution in [0, 0.1) is 11.7 Å². The van der Waals surface area contributed by atoms with Crippen molar-refractivity contribution in [1.29, 1.82) is 0 Å². The number of halogens is 1. The molecule has 1 saturated carbocycles. The fraction of sp³-hybridized carbons (Fsp3) is 0.333. The van der Waals surface area contributed by atoms with Gasteiger partial charge in [-0.3, -0.25) is 0 Å². The van der Waals surface area contributed by atoms with Crippen LogP contribution in [0.3, 0.4) is 0 Å². The lowest BCUT2D eigenvalue weighted by atomic mass is 9.79. The molecule has 1 aliphatic carbocycles.